The van der Waals surface area contributed by atoms with E-state index in [9.17, 15) is 24.5 Å². The molecule has 26 heavy (non-hydrogen) atoms. The Balaban J connectivity index is 1.64. The second-order valence-corrected chi connectivity index (χ2v) is 6.41. The van der Waals surface area contributed by atoms with E-state index in [1.165, 1.54) is 34.8 Å². The van der Waals surface area contributed by atoms with Crippen molar-refractivity contribution in [3.8, 4) is 0 Å². The maximum absolute atomic E-state index is 12.4. The molecule has 1 aromatic carbocycles. The van der Waals surface area contributed by atoms with E-state index in [1.807, 2.05) is 0 Å². The zero-order chi connectivity index (χ0) is 18.7. The molecule has 0 atom stereocenters. The summed E-state index contributed by atoms with van der Waals surface area (Å²) in [7, 11) is 0. The van der Waals surface area contributed by atoms with E-state index in [0.29, 0.717) is 10.9 Å². The molecule has 2 aromatic rings. The summed E-state index contributed by atoms with van der Waals surface area (Å²) >= 11 is 1.22. The van der Waals surface area contributed by atoms with Crippen molar-refractivity contribution in [1.29, 1.82) is 0 Å². The van der Waals surface area contributed by atoms with Gasteiger partial charge in [0, 0.05) is 30.7 Å². The molecule has 0 spiro atoms. The molecule has 1 fully saturated rings. The molecule has 1 aliphatic rings. The molecule has 1 aromatic heterocycles. The van der Waals surface area contributed by atoms with Gasteiger partial charge in [0.15, 0.2) is 5.16 Å². The first-order valence-corrected chi connectivity index (χ1v) is 8.57. The minimum atomic E-state index is -0.482. The standard InChI is InChI=1S/C15H13N5O5S/c21-12-5-6-13(22)18(12)7-14(23)19-9-16-17-15(19)26-8-10-1-3-11(4-2-10)20(24)25/h1-4,9H,5-8H2. The van der Waals surface area contributed by atoms with Crippen LogP contribution in [-0.2, 0) is 15.3 Å². The first-order chi connectivity index (χ1) is 12.5. The van der Waals surface area contributed by atoms with Gasteiger partial charge in [0.2, 0.25) is 11.8 Å². The number of nitro groups is 1. The number of hydrogen-bond acceptors (Lipinski definition) is 8. The van der Waals surface area contributed by atoms with E-state index in [4.69, 9.17) is 0 Å². The van der Waals surface area contributed by atoms with Crippen LogP contribution in [0.25, 0.3) is 0 Å². The number of likely N-dealkylation sites (tertiary alicyclic amines) is 1. The molecule has 1 saturated heterocycles. The number of amides is 2. The van der Waals surface area contributed by atoms with Crippen molar-refractivity contribution < 1.29 is 19.3 Å². The van der Waals surface area contributed by atoms with Gasteiger partial charge in [0.05, 0.1) is 4.92 Å². The Morgan fingerprint density at radius 1 is 1.19 bits per heavy atom. The SMILES string of the molecule is O=C1CCC(=O)N1CC(=O)n1cnnc1SCc1ccc([N+](=O)[O-])cc1. The van der Waals surface area contributed by atoms with E-state index < -0.39 is 10.8 Å². The fourth-order valence-corrected chi connectivity index (χ4v) is 3.25. The van der Waals surface area contributed by atoms with Crippen molar-refractivity contribution in [1.82, 2.24) is 19.7 Å². The van der Waals surface area contributed by atoms with Gasteiger partial charge in [-0.15, -0.1) is 10.2 Å². The van der Waals surface area contributed by atoms with E-state index in [2.05, 4.69) is 10.2 Å². The fraction of sp³-hybridized carbons (Fsp3) is 0.267. The number of imide groups is 1. The third kappa shape index (κ3) is 3.77. The average molecular weight is 375 g/mol. The summed E-state index contributed by atoms with van der Waals surface area (Å²) in [5, 5.41) is 18.5. The van der Waals surface area contributed by atoms with Crippen molar-refractivity contribution in [2.75, 3.05) is 6.54 Å². The molecule has 0 N–H and O–H groups in total. The van der Waals surface area contributed by atoms with Gasteiger partial charge in [-0.3, -0.25) is 29.4 Å². The maximum atomic E-state index is 12.4. The Morgan fingerprint density at radius 3 is 2.46 bits per heavy atom. The number of thioether (sulfide) groups is 1. The summed E-state index contributed by atoms with van der Waals surface area (Å²) in [6, 6.07) is 6.04. The van der Waals surface area contributed by atoms with Crippen LogP contribution in [0.4, 0.5) is 5.69 Å². The number of rotatable bonds is 6. The van der Waals surface area contributed by atoms with Gasteiger partial charge in [-0.25, -0.2) is 4.57 Å². The van der Waals surface area contributed by atoms with Crippen molar-refractivity contribution in [3.05, 3.63) is 46.3 Å². The van der Waals surface area contributed by atoms with Crippen LogP contribution in [0.5, 0.6) is 0 Å². The summed E-state index contributed by atoms with van der Waals surface area (Å²) in [6.45, 7) is -0.346. The van der Waals surface area contributed by atoms with Crippen LogP contribution in [0.15, 0.2) is 35.7 Å². The predicted octanol–water partition coefficient (Wildman–Crippen LogP) is 1.27. The summed E-state index contributed by atoms with van der Waals surface area (Å²) in [5.41, 5.74) is 0.810. The second kappa shape index (κ2) is 7.44. The zero-order valence-electron chi connectivity index (χ0n) is 13.4. The van der Waals surface area contributed by atoms with Crippen molar-refractivity contribution >= 4 is 35.2 Å². The van der Waals surface area contributed by atoms with Crippen LogP contribution in [0.1, 0.15) is 23.2 Å². The molecule has 2 amide bonds. The first-order valence-electron chi connectivity index (χ1n) is 7.58. The zero-order valence-corrected chi connectivity index (χ0v) is 14.2. The predicted molar refractivity (Wildman–Crippen MR) is 89.3 cm³/mol. The highest BCUT2D eigenvalue weighted by atomic mass is 32.2. The normalized spacial score (nSPS) is 14.1. The minimum Gasteiger partial charge on any atom is -0.274 e. The number of aromatic nitrogens is 3. The minimum absolute atomic E-state index is 0.00274. The lowest BCUT2D eigenvalue weighted by atomic mass is 10.2. The Labute approximate surface area is 151 Å². The Bertz CT molecular complexity index is 863. The van der Waals surface area contributed by atoms with Gasteiger partial charge >= 0.3 is 0 Å². The Morgan fingerprint density at radius 2 is 1.85 bits per heavy atom. The second-order valence-electron chi connectivity index (χ2n) is 5.46. The van der Waals surface area contributed by atoms with Crippen LogP contribution >= 0.6 is 11.8 Å². The summed E-state index contributed by atoms with van der Waals surface area (Å²) in [5.74, 6) is -0.788. The largest absolute Gasteiger partial charge is 0.274 e. The third-order valence-corrected chi connectivity index (χ3v) is 4.76. The molecule has 134 valence electrons. The van der Waals surface area contributed by atoms with Gasteiger partial charge < -0.3 is 0 Å². The Kier molecular flexibility index (Phi) is 5.07. The van der Waals surface area contributed by atoms with Gasteiger partial charge in [-0.2, -0.15) is 0 Å². The van der Waals surface area contributed by atoms with E-state index in [0.717, 1.165) is 10.5 Å². The smallest absolute Gasteiger partial charge is 0.269 e. The summed E-state index contributed by atoms with van der Waals surface area (Å²) in [4.78, 5) is 46.7. The quantitative estimate of drug-likeness (QED) is 0.319. The topological polar surface area (TPSA) is 128 Å². The van der Waals surface area contributed by atoms with Crippen molar-refractivity contribution in [2.24, 2.45) is 0 Å². The van der Waals surface area contributed by atoms with Crippen LogP contribution < -0.4 is 0 Å². The van der Waals surface area contributed by atoms with Crippen molar-refractivity contribution in [3.63, 3.8) is 0 Å². The molecule has 11 heteroatoms. The van der Waals surface area contributed by atoms with E-state index >= 15 is 0 Å². The lowest BCUT2D eigenvalue weighted by molar-refractivity contribution is -0.384. The summed E-state index contributed by atoms with van der Waals surface area (Å²) in [6.07, 6.45) is 1.47. The number of nitro benzene ring substituents is 1. The van der Waals surface area contributed by atoms with Gasteiger partial charge in [-0.05, 0) is 5.56 Å². The molecule has 0 radical (unpaired) electrons. The highest BCUT2D eigenvalue weighted by molar-refractivity contribution is 7.98. The van der Waals surface area contributed by atoms with Crippen molar-refractivity contribution in [2.45, 2.75) is 23.8 Å². The van der Waals surface area contributed by atoms with Gasteiger partial charge in [0.25, 0.3) is 11.6 Å². The van der Waals surface area contributed by atoms with Crippen LogP contribution in [-0.4, -0.2) is 48.9 Å². The van der Waals surface area contributed by atoms with Crippen LogP contribution in [0, 0.1) is 10.1 Å². The van der Waals surface area contributed by atoms with Gasteiger partial charge in [-0.1, -0.05) is 23.9 Å². The average Bonchev–Trinajstić information content (AvgIpc) is 3.22. The molecule has 0 bridgehead atoms. The molecule has 0 aliphatic carbocycles. The highest BCUT2D eigenvalue weighted by Crippen LogP contribution is 2.22. The molecule has 0 saturated carbocycles. The maximum Gasteiger partial charge on any atom is 0.269 e. The van der Waals surface area contributed by atoms with E-state index in [1.54, 1.807) is 12.1 Å². The fourth-order valence-electron chi connectivity index (χ4n) is 2.37. The molecular weight excluding hydrogens is 362 g/mol. The van der Waals surface area contributed by atoms with Gasteiger partial charge in [0.1, 0.15) is 12.9 Å². The lowest BCUT2D eigenvalue weighted by Crippen LogP contribution is -2.36. The number of nitrogens with zero attached hydrogens (tertiary/aromatic N) is 5. The number of benzene rings is 1. The Hall–Kier alpha value is -3.08. The number of carbonyl (C=O) groups excluding carboxylic acids is 3. The van der Waals surface area contributed by atoms with Crippen LogP contribution in [0.3, 0.4) is 0 Å². The van der Waals surface area contributed by atoms with E-state index in [-0.39, 0.29) is 36.9 Å². The highest BCUT2D eigenvalue weighted by Gasteiger charge is 2.31. The lowest BCUT2D eigenvalue weighted by Gasteiger charge is -2.13. The number of carbonyl (C=O) groups is 3. The third-order valence-electron chi connectivity index (χ3n) is 3.75. The summed E-state index contributed by atoms with van der Waals surface area (Å²) < 4.78 is 1.19. The molecule has 3 rings (SSSR count). The monoisotopic (exact) mass is 375 g/mol. The van der Waals surface area contributed by atoms with Crippen LogP contribution in [0.2, 0.25) is 0 Å². The number of non-ortho nitro benzene ring substituents is 1. The molecule has 2 heterocycles. The first kappa shape index (κ1) is 17.7. The number of hydrogen-bond donors (Lipinski definition) is 0. The molecule has 0 unspecified atom stereocenters. The molecular formula is C15H13N5O5S. The molecule has 10 nitrogen and oxygen atoms in total. The molecule has 1 aliphatic heterocycles.